The number of likely N-dealkylation sites (tertiary alicyclic amines) is 1. The SMILES string of the molecule is FC1CCC2C(CCCC2N2CCC(N3CNc4ccccc43)CC2)C1. The predicted molar refractivity (Wildman–Crippen MR) is 105 cm³/mol. The molecular formula is C22H32FN3. The van der Waals surface area contributed by atoms with Crippen LogP contribution in [0.4, 0.5) is 15.8 Å². The van der Waals surface area contributed by atoms with Gasteiger partial charge in [0.05, 0.1) is 18.0 Å². The lowest BCUT2D eigenvalue weighted by Gasteiger charge is -2.49. The molecule has 4 heteroatoms. The van der Waals surface area contributed by atoms with E-state index in [2.05, 4.69) is 39.4 Å². The van der Waals surface area contributed by atoms with E-state index in [9.17, 15) is 4.39 Å². The van der Waals surface area contributed by atoms with E-state index in [1.807, 2.05) is 0 Å². The lowest BCUT2D eigenvalue weighted by molar-refractivity contribution is 0.00798. The number of rotatable bonds is 2. The number of hydrogen-bond acceptors (Lipinski definition) is 3. The molecule has 2 aliphatic heterocycles. The molecule has 2 aliphatic carbocycles. The molecule has 1 aromatic carbocycles. The Morgan fingerprint density at radius 3 is 2.69 bits per heavy atom. The van der Waals surface area contributed by atoms with Gasteiger partial charge in [0, 0.05) is 25.2 Å². The fourth-order valence-electron chi connectivity index (χ4n) is 6.31. The third-order valence-electron chi connectivity index (χ3n) is 7.61. The van der Waals surface area contributed by atoms with Crippen molar-refractivity contribution in [3.8, 4) is 0 Å². The highest BCUT2D eigenvalue weighted by molar-refractivity contribution is 5.74. The molecule has 4 atom stereocenters. The van der Waals surface area contributed by atoms with Gasteiger partial charge >= 0.3 is 0 Å². The van der Waals surface area contributed by atoms with Gasteiger partial charge in [0.2, 0.25) is 0 Å². The molecule has 26 heavy (non-hydrogen) atoms. The first kappa shape index (κ1) is 16.9. The fraction of sp³-hybridized carbons (Fsp3) is 0.727. The third-order valence-corrected chi connectivity index (χ3v) is 7.61. The summed E-state index contributed by atoms with van der Waals surface area (Å²) in [4.78, 5) is 5.35. The van der Waals surface area contributed by atoms with Crippen molar-refractivity contribution < 1.29 is 4.39 Å². The van der Waals surface area contributed by atoms with Gasteiger partial charge in [-0.1, -0.05) is 18.6 Å². The number of nitrogens with one attached hydrogen (secondary N) is 1. The van der Waals surface area contributed by atoms with E-state index in [1.165, 1.54) is 56.6 Å². The Balaban J connectivity index is 1.22. The van der Waals surface area contributed by atoms with Crippen molar-refractivity contribution in [2.75, 3.05) is 30.0 Å². The van der Waals surface area contributed by atoms with Crippen molar-refractivity contribution in [1.29, 1.82) is 0 Å². The first-order valence-electron chi connectivity index (χ1n) is 10.8. The molecule has 2 saturated carbocycles. The zero-order valence-electron chi connectivity index (χ0n) is 15.7. The maximum Gasteiger partial charge on any atom is 0.100 e. The van der Waals surface area contributed by atoms with Crippen LogP contribution in [0.2, 0.25) is 0 Å². The number of halogens is 1. The van der Waals surface area contributed by atoms with Gasteiger partial charge in [-0.15, -0.1) is 0 Å². The van der Waals surface area contributed by atoms with Crippen LogP contribution in [0.3, 0.4) is 0 Å². The quantitative estimate of drug-likeness (QED) is 0.831. The van der Waals surface area contributed by atoms with Gasteiger partial charge in [0.15, 0.2) is 0 Å². The molecule has 1 N–H and O–H groups in total. The van der Waals surface area contributed by atoms with Crippen molar-refractivity contribution in [2.24, 2.45) is 11.8 Å². The highest BCUT2D eigenvalue weighted by Crippen LogP contribution is 2.44. The van der Waals surface area contributed by atoms with Crippen LogP contribution in [0.15, 0.2) is 24.3 Å². The van der Waals surface area contributed by atoms with E-state index in [-0.39, 0.29) is 0 Å². The average molecular weight is 358 g/mol. The monoisotopic (exact) mass is 357 g/mol. The predicted octanol–water partition coefficient (Wildman–Crippen LogP) is 4.65. The normalized spacial score (nSPS) is 35.7. The Bertz CT molecular complexity index is 628. The van der Waals surface area contributed by atoms with Crippen molar-refractivity contribution >= 4 is 11.4 Å². The second kappa shape index (κ2) is 7.03. The Morgan fingerprint density at radius 2 is 1.81 bits per heavy atom. The second-order valence-corrected chi connectivity index (χ2v) is 8.92. The molecule has 2 heterocycles. The van der Waals surface area contributed by atoms with E-state index in [4.69, 9.17) is 0 Å². The van der Waals surface area contributed by atoms with E-state index < -0.39 is 6.17 Å². The zero-order chi connectivity index (χ0) is 17.5. The van der Waals surface area contributed by atoms with Gasteiger partial charge in [-0.25, -0.2) is 4.39 Å². The molecule has 1 saturated heterocycles. The van der Waals surface area contributed by atoms with Crippen LogP contribution in [0.1, 0.15) is 51.4 Å². The van der Waals surface area contributed by atoms with Crippen molar-refractivity contribution in [3.63, 3.8) is 0 Å². The minimum Gasteiger partial charge on any atom is -0.366 e. The van der Waals surface area contributed by atoms with Crippen molar-refractivity contribution in [1.82, 2.24) is 4.90 Å². The standard InChI is InChI=1S/C22H32FN3/c23-17-8-9-19-16(14-17)4-3-7-21(19)25-12-10-18(11-13-25)26-15-24-20-5-1-2-6-22(20)26/h1-2,5-6,16-19,21,24H,3-4,7-15H2. The first-order chi connectivity index (χ1) is 12.8. The van der Waals surface area contributed by atoms with E-state index in [0.29, 0.717) is 12.0 Å². The van der Waals surface area contributed by atoms with Crippen LogP contribution in [0.25, 0.3) is 0 Å². The topological polar surface area (TPSA) is 18.5 Å². The highest BCUT2D eigenvalue weighted by Gasteiger charge is 2.41. The van der Waals surface area contributed by atoms with Crippen LogP contribution in [0, 0.1) is 11.8 Å². The largest absolute Gasteiger partial charge is 0.366 e. The summed E-state index contributed by atoms with van der Waals surface area (Å²) in [5, 5.41) is 3.54. The second-order valence-electron chi connectivity index (χ2n) is 8.92. The molecule has 1 aromatic rings. The molecule has 4 aliphatic rings. The molecule has 3 fully saturated rings. The number of benzene rings is 1. The van der Waals surface area contributed by atoms with Crippen LogP contribution in [0.5, 0.6) is 0 Å². The minimum atomic E-state index is -0.525. The molecule has 0 bridgehead atoms. The third kappa shape index (κ3) is 3.00. The number of fused-ring (bicyclic) bond motifs is 2. The molecular weight excluding hydrogens is 325 g/mol. The molecule has 0 radical (unpaired) electrons. The Hall–Kier alpha value is -1.29. The van der Waals surface area contributed by atoms with Crippen molar-refractivity contribution in [3.05, 3.63) is 24.3 Å². The number of para-hydroxylation sites is 2. The van der Waals surface area contributed by atoms with Gasteiger partial charge in [-0.05, 0) is 68.9 Å². The smallest absolute Gasteiger partial charge is 0.100 e. The molecule has 5 rings (SSSR count). The molecule has 0 amide bonds. The van der Waals surface area contributed by atoms with E-state index in [1.54, 1.807) is 0 Å². The number of hydrogen-bond donors (Lipinski definition) is 1. The molecule has 142 valence electrons. The number of piperidine rings is 1. The molecule has 0 aromatic heterocycles. The van der Waals surface area contributed by atoms with Gasteiger partial charge in [0.1, 0.15) is 6.17 Å². The number of nitrogens with zero attached hydrogens (tertiary/aromatic N) is 2. The summed E-state index contributed by atoms with van der Waals surface area (Å²) in [5.41, 5.74) is 2.66. The van der Waals surface area contributed by atoms with E-state index >= 15 is 0 Å². The van der Waals surface area contributed by atoms with Crippen LogP contribution in [-0.2, 0) is 0 Å². The summed E-state index contributed by atoms with van der Waals surface area (Å²) >= 11 is 0. The number of alkyl halides is 1. The van der Waals surface area contributed by atoms with Gasteiger partial charge in [0.25, 0.3) is 0 Å². The zero-order valence-corrected chi connectivity index (χ0v) is 15.7. The lowest BCUT2D eigenvalue weighted by atomic mass is 9.67. The lowest BCUT2D eigenvalue weighted by Crippen LogP contribution is -2.53. The average Bonchev–Trinajstić information content (AvgIpc) is 3.11. The Labute approximate surface area is 156 Å². The van der Waals surface area contributed by atoms with Gasteiger partial charge in [-0.2, -0.15) is 0 Å². The highest BCUT2D eigenvalue weighted by atomic mass is 19.1. The van der Waals surface area contributed by atoms with Crippen LogP contribution >= 0.6 is 0 Å². The summed E-state index contributed by atoms with van der Waals surface area (Å²) < 4.78 is 13.8. The summed E-state index contributed by atoms with van der Waals surface area (Å²) in [7, 11) is 0. The minimum absolute atomic E-state index is 0.525. The maximum absolute atomic E-state index is 13.8. The Morgan fingerprint density at radius 1 is 0.962 bits per heavy atom. The summed E-state index contributed by atoms with van der Waals surface area (Å²) in [6.07, 6.45) is 8.69. The van der Waals surface area contributed by atoms with Crippen LogP contribution in [-0.4, -0.2) is 42.9 Å². The van der Waals surface area contributed by atoms with Crippen molar-refractivity contribution in [2.45, 2.75) is 69.6 Å². The van der Waals surface area contributed by atoms with Gasteiger partial charge < -0.3 is 10.2 Å². The summed E-state index contributed by atoms with van der Waals surface area (Å²) in [5.74, 6) is 1.42. The maximum atomic E-state index is 13.8. The Kier molecular flexibility index (Phi) is 4.56. The molecule has 0 spiro atoms. The molecule has 4 unspecified atom stereocenters. The number of anilines is 2. The fourth-order valence-corrected chi connectivity index (χ4v) is 6.31. The first-order valence-corrected chi connectivity index (χ1v) is 10.8. The summed E-state index contributed by atoms with van der Waals surface area (Å²) in [6.45, 7) is 3.39. The molecule has 3 nitrogen and oxygen atoms in total. The van der Waals surface area contributed by atoms with Gasteiger partial charge in [-0.3, -0.25) is 4.90 Å². The van der Waals surface area contributed by atoms with E-state index in [0.717, 1.165) is 37.9 Å². The van der Waals surface area contributed by atoms with Crippen LogP contribution < -0.4 is 10.2 Å². The summed E-state index contributed by atoms with van der Waals surface area (Å²) in [6, 6.07) is 10.1.